The highest BCUT2D eigenvalue weighted by molar-refractivity contribution is 9.10. The van der Waals surface area contributed by atoms with E-state index in [9.17, 15) is 0 Å². The Balaban J connectivity index is 2.22. The van der Waals surface area contributed by atoms with Crippen LogP contribution in [0, 0.1) is 0 Å². The van der Waals surface area contributed by atoms with E-state index in [1.807, 2.05) is 20.3 Å². The van der Waals surface area contributed by atoms with Crippen LogP contribution >= 0.6 is 15.9 Å². The Hall–Kier alpha value is -1.43. The van der Waals surface area contributed by atoms with E-state index >= 15 is 0 Å². The minimum Gasteiger partial charge on any atom is -0.371 e. The monoisotopic (exact) mass is 281 g/mol. The van der Waals surface area contributed by atoms with Crippen molar-refractivity contribution in [1.29, 1.82) is 0 Å². The number of aromatic nitrogens is 4. The second kappa shape index (κ2) is 4.61. The molecule has 0 bridgehead atoms. The number of nitrogens with zero attached hydrogens (tertiary/aromatic N) is 4. The van der Waals surface area contributed by atoms with E-state index in [2.05, 4.69) is 36.3 Å². The highest BCUT2D eigenvalue weighted by atomic mass is 79.9. The van der Waals surface area contributed by atoms with Gasteiger partial charge in [-0.1, -0.05) is 0 Å². The van der Waals surface area contributed by atoms with Crippen LogP contribution in [0.2, 0.25) is 0 Å². The smallest absolute Gasteiger partial charge is 0.151 e. The standard InChI is InChI=1S/C10H12BrN5/c1-12-10-7(6-16(2)15-10)3-9-13-4-8(11)5-14-9/h4-6H,3H2,1-2H3,(H,12,15). The molecule has 2 heterocycles. The van der Waals surface area contributed by atoms with Crippen LogP contribution in [-0.4, -0.2) is 26.8 Å². The molecule has 0 aliphatic carbocycles. The highest BCUT2D eigenvalue weighted by Gasteiger charge is 2.08. The fourth-order valence-corrected chi connectivity index (χ4v) is 1.68. The molecule has 0 unspecified atom stereocenters. The van der Waals surface area contributed by atoms with Gasteiger partial charge in [0, 0.05) is 44.7 Å². The van der Waals surface area contributed by atoms with Gasteiger partial charge >= 0.3 is 0 Å². The average Bonchev–Trinajstić information content (AvgIpc) is 2.62. The second-order valence-corrected chi connectivity index (χ2v) is 4.34. The number of hydrogen-bond donors (Lipinski definition) is 1. The molecule has 0 fully saturated rings. The molecule has 84 valence electrons. The Bertz CT molecular complexity index is 476. The van der Waals surface area contributed by atoms with Gasteiger partial charge in [-0.05, 0) is 15.9 Å². The van der Waals surface area contributed by atoms with E-state index in [-0.39, 0.29) is 0 Å². The lowest BCUT2D eigenvalue weighted by Crippen LogP contribution is -1.98. The van der Waals surface area contributed by atoms with Crippen molar-refractivity contribution in [3.05, 3.63) is 34.5 Å². The zero-order chi connectivity index (χ0) is 11.5. The summed E-state index contributed by atoms with van der Waals surface area (Å²) in [5, 5.41) is 7.33. The average molecular weight is 282 g/mol. The fraction of sp³-hybridized carbons (Fsp3) is 0.300. The summed E-state index contributed by atoms with van der Waals surface area (Å²) in [6.07, 6.45) is 6.14. The van der Waals surface area contributed by atoms with Gasteiger partial charge < -0.3 is 5.32 Å². The lowest BCUT2D eigenvalue weighted by molar-refractivity contribution is 0.769. The predicted octanol–water partition coefficient (Wildman–Crippen LogP) is 1.61. The molecule has 0 spiro atoms. The van der Waals surface area contributed by atoms with Gasteiger partial charge in [0.05, 0.1) is 4.47 Å². The number of nitrogens with one attached hydrogen (secondary N) is 1. The van der Waals surface area contributed by atoms with Crippen LogP contribution in [0.4, 0.5) is 5.82 Å². The molecule has 2 aromatic heterocycles. The molecule has 0 aliphatic rings. The molecule has 0 aromatic carbocycles. The molecule has 0 saturated heterocycles. The molecule has 2 aromatic rings. The van der Waals surface area contributed by atoms with Crippen LogP contribution in [0.5, 0.6) is 0 Å². The van der Waals surface area contributed by atoms with Gasteiger partial charge in [-0.3, -0.25) is 4.68 Å². The summed E-state index contributed by atoms with van der Waals surface area (Å²) in [5.74, 6) is 1.65. The first-order valence-electron chi connectivity index (χ1n) is 4.85. The third-order valence-corrected chi connectivity index (χ3v) is 2.57. The predicted molar refractivity (Wildman–Crippen MR) is 65.3 cm³/mol. The Morgan fingerprint density at radius 2 is 2.06 bits per heavy atom. The number of hydrogen-bond acceptors (Lipinski definition) is 4. The van der Waals surface area contributed by atoms with Crippen molar-refractivity contribution < 1.29 is 0 Å². The van der Waals surface area contributed by atoms with Crippen LogP contribution in [0.1, 0.15) is 11.4 Å². The number of rotatable bonds is 3. The van der Waals surface area contributed by atoms with Crippen molar-refractivity contribution in [2.45, 2.75) is 6.42 Å². The fourth-order valence-electron chi connectivity index (χ4n) is 1.48. The molecule has 1 N–H and O–H groups in total. The van der Waals surface area contributed by atoms with Gasteiger partial charge in [0.1, 0.15) is 5.82 Å². The van der Waals surface area contributed by atoms with Crippen LogP contribution < -0.4 is 5.32 Å². The summed E-state index contributed by atoms with van der Waals surface area (Å²) in [7, 11) is 3.75. The molecule has 0 saturated carbocycles. The van der Waals surface area contributed by atoms with Gasteiger partial charge in [0.25, 0.3) is 0 Å². The van der Waals surface area contributed by atoms with E-state index in [0.29, 0.717) is 6.42 Å². The Kier molecular flexibility index (Phi) is 3.19. The van der Waals surface area contributed by atoms with E-state index in [4.69, 9.17) is 0 Å². The summed E-state index contributed by atoms with van der Waals surface area (Å²) in [5.41, 5.74) is 1.09. The Labute approximate surface area is 102 Å². The summed E-state index contributed by atoms with van der Waals surface area (Å²) in [6, 6.07) is 0. The molecular weight excluding hydrogens is 270 g/mol. The lowest BCUT2D eigenvalue weighted by Gasteiger charge is -2.00. The maximum absolute atomic E-state index is 4.28. The normalized spacial score (nSPS) is 10.4. The summed E-state index contributed by atoms with van der Waals surface area (Å²) in [6.45, 7) is 0. The van der Waals surface area contributed by atoms with Gasteiger partial charge in [-0.2, -0.15) is 5.10 Å². The van der Waals surface area contributed by atoms with Crippen molar-refractivity contribution in [2.75, 3.05) is 12.4 Å². The largest absolute Gasteiger partial charge is 0.371 e. The summed E-state index contributed by atoms with van der Waals surface area (Å²) >= 11 is 3.31. The van der Waals surface area contributed by atoms with Gasteiger partial charge in [0.2, 0.25) is 0 Å². The van der Waals surface area contributed by atoms with Crippen molar-refractivity contribution in [2.24, 2.45) is 7.05 Å². The molecular formula is C10H12BrN5. The first-order valence-corrected chi connectivity index (χ1v) is 5.65. The Morgan fingerprint density at radius 3 is 2.69 bits per heavy atom. The maximum atomic E-state index is 4.28. The van der Waals surface area contributed by atoms with E-state index < -0.39 is 0 Å². The molecule has 0 atom stereocenters. The van der Waals surface area contributed by atoms with Crippen LogP contribution in [-0.2, 0) is 13.5 Å². The van der Waals surface area contributed by atoms with Gasteiger partial charge in [-0.15, -0.1) is 0 Å². The van der Waals surface area contributed by atoms with Crippen molar-refractivity contribution in [1.82, 2.24) is 19.7 Å². The topological polar surface area (TPSA) is 55.6 Å². The molecule has 6 heteroatoms. The zero-order valence-electron chi connectivity index (χ0n) is 9.11. The lowest BCUT2D eigenvalue weighted by atomic mass is 10.2. The summed E-state index contributed by atoms with van der Waals surface area (Å²) < 4.78 is 2.66. The van der Waals surface area contributed by atoms with Crippen LogP contribution in [0.3, 0.4) is 0 Å². The molecule has 2 rings (SSSR count). The molecule has 0 radical (unpaired) electrons. The number of anilines is 1. The molecule has 16 heavy (non-hydrogen) atoms. The molecule has 5 nitrogen and oxygen atoms in total. The van der Waals surface area contributed by atoms with Gasteiger partial charge in [-0.25, -0.2) is 9.97 Å². The van der Waals surface area contributed by atoms with Crippen molar-refractivity contribution >= 4 is 21.7 Å². The zero-order valence-corrected chi connectivity index (χ0v) is 10.7. The summed E-state index contributed by atoms with van der Waals surface area (Å²) in [4.78, 5) is 8.47. The van der Waals surface area contributed by atoms with Gasteiger partial charge in [0.15, 0.2) is 5.82 Å². The number of aryl methyl sites for hydroxylation is 1. The van der Waals surface area contributed by atoms with Crippen LogP contribution in [0.15, 0.2) is 23.1 Å². The number of halogens is 1. The molecule has 0 aliphatic heterocycles. The highest BCUT2D eigenvalue weighted by Crippen LogP contribution is 2.15. The van der Waals surface area contributed by atoms with E-state index in [1.165, 1.54) is 0 Å². The Morgan fingerprint density at radius 1 is 1.38 bits per heavy atom. The minimum absolute atomic E-state index is 0.678. The third kappa shape index (κ3) is 2.38. The van der Waals surface area contributed by atoms with Crippen molar-refractivity contribution in [3.63, 3.8) is 0 Å². The third-order valence-electron chi connectivity index (χ3n) is 2.16. The second-order valence-electron chi connectivity index (χ2n) is 3.42. The minimum atomic E-state index is 0.678. The quantitative estimate of drug-likeness (QED) is 0.929. The molecule has 0 amide bonds. The first kappa shape index (κ1) is 11.1. The SMILES string of the molecule is CNc1nn(C)cc1Cc1ncc(Br)cn1. The van der Waals surface area contributed by atoms with E-state index in [0.717, 1.165) is 21.7 Å². The van der Waals surface area contributed by atoms with Crippen LogP contribution in [0.25, 0.3) is 0 Å². The first-order chi connectivity index (χ1) is 7.69. The van der Waals surface area contributed by atoms with Crippen molar-refractivity contribution in [3.8, 4) is 0 Å². The van der Waals surface area contributed by atoms with E-state index in [1.54, 1.807) is 17.1 Å². The maximum Gasteiger partial charge on any atom is 0.151 e.